The highest BCUT2D eigenvalue weighted by Gasteiger charge is 2.02. The highest BCUT2D eigenvalue weighted by molar-refractivity contribution is 7.98. The third kappa shape index (κ3) is 8.39. The molecule has 0 bridgehead atoms. The van der Waals surface area contributed by atoms with Gasteiger partial charge in [0.2, 0.25) is 5.96 Å². The van der Waals surface area contributed by atoms with Crippen molar-refractivity contribution < 1.29 is 0 Å². The number of nitriles is 1. The van der Waals surface area contributed by atoms with Gasteiger partial charge in [0.25, 0.3) is 0 Å². The van der Waals surface area contributed by atoms with Gasteiger partial charge < -0.3 is 10.3 Å². The second-order valence-corrected chi connectivity index (χ2v) is 7.28. The van der Waals surface area contributed by atoms with Gasteiger partial charge in [0.1, 0.15) is 0 Å². The lowest BCUT2D eigenvalue weighted by atomic mass is 10.2. The van der Waals surface area contributed by atoms with E-state index in [0.717, 1.165) is 35.7 Å². The molecule has 0 aliphatic heterocycles. The van der Waals surface area contributed by atoms with Crippen molar-refractivity contribution in [2.24, 2.45) is 4.99 Å². The van der Waals surface area contributed by atoms with E-state index in [-0.39, 0.29) is 0 Å². The lowest BCUT2D eigenvalue weighted by Crippen LogP contribution is -2.35. The van der Waals surface area contributed by atoms with Gasteiger partial charge in [-0.15, -0.1) is 0 Å². The molecule has 1 aromatic heterocycles. The minimum absolute atomic E-state index is 0.465. The van der Waals surface area contributed by atoms with Crippen molar-refractivity contribution in [2.45, 2.75) is 12.2 Å². The second kappa shape index (κ2) is 12.3. The molecule has 2 aromatic rings. The van der Waals surface area contributed by atoms with Gasteiger partial charge in [0.05, 0.1) is 18.6 Å². The molecule has 0 saturated heterocycles. The molecule has 0 amide bonds. The first kappa shape index (κ1) is 21.2. The number of guanidine groups is 1. The van der Waals surface area contributed by atoms with Crippen LogP contribution in [0, 0.1) is 11.5 Å². The number of aromatic amines is 1. The van der Waals surface area contributed by atoms with Gasteiger partial charge in [-0.25, -0.2) is 9.98 Å². The predicted molar refractivity (Wildman–Crippen MR) is 114 cm³/mol. The van der Waals surface area contributed by atoms with Gasteiger partial charge in [-0.2, -0.15) is 17.0 Å². The molecule has 2 rings (SSSR count). The molecular formula is C18H20Cl2N6S. The number of H-pyrrole nitrogens is 1. The SMILES string of the molecule is N#CNC(=NCC=Cc1ccc(Cl)cc1)NCCCSCc1[nH]cnc1Cl. The van der Waals surface area contributed by atoms with Crippen molar-refractivity contribution in [3.05, 3.63) is 58.1 Å². The summed E-state index contributed by atoms with van der Waals surface area (Å²) in [6.45, 7) is 1.19. The highest BCUT2D eigenvalue weighted by Crippen LogP contribution is 2.17. The van der Waals surface area contributed by atoms with Crippen molar-refractivity contribution in [3.8, 4) is 6.19 Å². The summed E-state index contributed by atoms with van der Waals surface area (Å²) >= 11 is 13.6. The molecule has 27 heavy (non-hydrogen) atoms. The van der Waals surface area contributed by atoms with Crippen LogP contribution in [-0.2, 0) is 5.75 Å². The Morgan fingerprint density at radius 2 is 2.15 bits per heavy atom. The molecule has 3 N–H and O–H groups in total. The minimum atomic E-state index is 0.465. The molecule has 0 saturated carbocycles. The number of hydrogen-bond acceptors (Lipinski definition) is 4. The molecule has 0 unspecified atom stereocenters. The number of nitrogens with one attached hydrogen (secondary N) is 3. The van der Waals surface area contributed by atoms with Crippen molar-refractivity contribution in [2.75, 3.05) is 18.8 Å². The monoisotopic (exact) mass is 422 g/mol. The van der Waals surface area contributed by atoms with Crippen LogP contribution in [0.3, 0.4) is 0 Å². The fourth-order valence-corrected chi connectivity index (χ4v) is 3.35. The van der Waals surface area contributed by atoms with Gasteiger partial charge in [-0.05, 0) is 29.9 Å². The Morgan fingerprint density at radius 3 is 2.85 bits per heavy atom. The zero-order valence-electron chi connectivity index (χ0n) is 14.6. The van der Waals surface area contributed by atoms with Crippen LogP contribution in [0.1, 0.15) is 17.7 Å². The number of aromatic nitrogens is 2. The van der Waals surface area contributed by atoms with Gasteiger partial charge >= 0.3 is 0 Å². The summed E-state index contributed by atoms with van der Waals surface area (Å²) in [5.74, 6) is 2.23. The maximum absolute atomic E-state index is 8.83. The summed E-state index contributed by atoms with van der Waals surface area (Å²) in [6.07, 6.45) is 8.31. The summed E-state index contributed by atoms with van der Waals surface area (Å²) in [7, 11) is 0. The Bertz CT molecular complexity index is 795. The number of aliphatic imine (C=N–C) groups is 1. The van der Waals surface area contributed by atoms with Crippen LogP contribution in [0.15, 0.2) is 41.7 Å². The third-order valence-electron chi connectivity index (χ3n) is 3.38. The normalized spacial score (nSPS) is 11.5. The fraction of sp³-hybridized carbons (Fsp3) is 0.278. The van der Waals surface area contributed by atoms with E-state index in [2.05, 4.69) is 25.6 Å². The van der Waals surface area contributed by atoms with Crippen LogP contribution < -0.4 is 10.6 Å². The summed E-state index contributed by atoms with van der Waals surface area (Å²) in [6, 6.07) is 7.55. The van der Waals surface area contributed by atoms with E-state index in [1.165, 1.54) is 0 Å². The number of thioether (sulfide) groups is 1. The lowest BCUT2D eigenvalue weighted by molar-refractivity contribution is 0.824. The number of halogens is 2. The number of nitrogens with zero attached hydrogens (tertiary/aromatic N) is 3. The largest absolute Gasteiger partial charge is 0.356 e. The van der Waals surface area contributed by atoms with Crippen molar-refractivity contribution in [1.29, 1.82) is 5.26 Å². The number of hydrogen-bond donors (Lipinski definition) is 3. The molecule has 1 heterocycles. The molecule has 0 radical (unpaired) electrons. The molecule has 0 fully saturated rings. The molecule has 1 aromatic carbocycles. The van der Waals surface area contributed by atoms with Crippen molar-refractivity contribution in [3.63, 3.8) is 0 Å². The first-order chi connectivity index (χ1) is 13.2. The lowest BCUT2D eigenvalue weighted by Gasteiger charge is -2.07. The topological polar surface area (TPSA) is 88.9 Å². The Labute approximate surface area is 173 Å². The average molecular weight is 423 g/mol. The number of benzene rings is 1. The fourth-order valence-electron chi connectivity index (χ4n) is 2.06. The zero-order valence-corrected chi connectivity index (χ0v) is 16.9. The maximum atomic E-state index is 8.83. The van der Waals surface area contributed by atoms with E-state index in [1.54, 1.807) is 18.1 Å². The van der Waals surface area contributed by atoms with Gasteiger partial charge in [0.15, 0.2) is 11.3 Å². The predicted octanol–water partition coefficient (Wildman–Crippen LogP) is 4.07. The van der Waals surface area contributed by atoms with Crippen LogP contribution in [0.5, 0.6) is 0 Å². The van der Waals surface area contributed by atoms with E-state index in [4.69, 9.17) is 28.5 Å². The van der Waals surface area contributed by atoms with E-state index in [0.29, 0.717) is 22.7 Å². The smallest absolute Gasteiger partial charge is 0.205 e. The van der Waals surface area contributed by atoms with Crippen LogP contribution >= 0.6 is 35.0 Å². The standard InChI is InChI=1S/C18H20Cl2N6S/c19-15-6-4-14(5-7-15)3-1-8-22-18(24-12-21)23-9-2-10-27-11-16-17(20)26-13-25-16/h1,3-7,13H,2,8-11H2,(H,25,26)(H2,22,23,24). The molecule has 0 aliphatic rings. The van der Waals surface area contributed by atoms with Crippen molar-refractivity contribution in [1.82, 2.24) is 20.6 Å². The molecule has 142 valence electrons. The van der Waals surface area contributed by atoms with Crippen LogP contribution in [-0.4, -0.2) is 34.8 Å². The Kier molecular flexibility index (Phi) is 9.63. The molecule has 0 spiro atoms. The summed E-state index contributed by atoms with van der Waals surface area (Å²) in [5, 5.41) is 15.8. The third-order valence-corrected chi connectivity index (χ3v) is 5.03. The van der Waals surface area contributed by atoms with E-state index >= 15 is 0 Å². The molecule has 0 atom stereocenters. The summed E-state index contributed by atoms with van der Waals surface area (Å²) in [5.41, 5.74) is 1.99. The molecule has 0 aliphatic carbocycles. The highest BCUT2D eigenvalue weighted by atomic mass is 35.5. The number of imidazole rings is 1. The van der Waals surface area contributed by atoms with Gasteiger partial charge in [0, 0.05) is 17.3 Å². The van der Waals surface area contributed by atoms with Crippen LogP contribution in [0.4, 0.5) is 0 Å². The van der Waals surface area contributed by atoms with Gasteiger partial charge in [-0.3, -0.25) is 5.32 Å². The summed E-state index contributed by atoms with van der Waals surface area (Å²) in [4.78, 5) is 11.3. The summed E-state index contributed by atoms with van der Waals surface area (Å²) < 4.78 is 0. The maximum Gasteiger partial charge on any atom is 0.205 e. The quantitative estimate of drug-likeness (QED) is 0.186. The zero-order chi connectivity index (χ0) is 19.3. The van der Waals surface area contributed by atoms with E-state index in [1.807, 2.05) is 42.6 Å². The van der Waals surface area contributed by atoms with Crippen LogP contribution in [0.2, 0.25) is 10.2 Å². The first-order valence-corrected chi connectivity index (χ1v) is 10.2. The van der Waals surface area contributed by atoms with Crippen LogP contribution in [0.25, 0.3) is 6.08 Å². The Balaban J connectivity index is 1.66. The molecule has 6 nitrogen and oxygen atoms in total. The molecular weight excluding hydrogens is 403 g/mol. The Hall–Kier alpha value is -2.14. The van der Waals surface area contributed by atoms with E-state index < -0.39 is 0 Å². The second-order valence-electron chi connectivity index (χ2n) is 5.38. The van der Waals surface area contributed by atoms with Gasteiger partial charge in [-0.1, -0.05) is 47.5 Å². The molecule has 9 heteroatoms. The van der Waals surface area contributed by atoms with Crippen molar-refractivity contribution >= 4 is 47.0 Å². The number of rotatable bonds is 9. The first-order valence-electron chi connectivity index (χ1n) is 8.30. The average Bonchev–Trinajstić information content (AvgIpc) is 3.07. The van der Waals surface area contributed by atoms with E-state index in [9.17, 15) is 0 Å². The minimum Gasteiger partial charge on any atom is -0.356 e. The Morgan fingerprint density at radius 1 is 1.33 bits per heavy atom.